The summed E-state index contributed by atoms with van der Waals surface area (Å²) in [5.74, 6) is 0.165. The maximum atomic E-state index is 12.8. The Morgan fingerprint density at radius 3 is 2.89 bits per heavy atom. The van der Waals surface area contributed by atoms with E-state index in [-0.39, 0.29) is 5.91 Å². The van der Waals surface area contributed by atoms with Crippen LogP contribution in [0.5, 0.6) is 0 Å². The number of carbonyl (C=O) groups excluding carboxylic acids is 1. The molecule has 132 valence electrons. The van der Waals surface area contributed by atoms with Crippen molar-refractivity contribution in [2.75, 3.05) is 11.4 Å². The van der Waals surface area contributed by atoms with Crippen molar-refractivity contribution < 1.29 is 4.79 Å². The highest BCUT2D eigenvalue weighted by atomic mass is 32.1. The number of nitrogens with zero attached hydrogens (tertiary/aromatic N) is 2. The highest BCUT2D eigenvalue weighted by molar-refractivity contribution is 7.17. The molecule has 1 aliphatic heterocycles. The summed E-state index contributed by atoms with van der Waals surface area (Å²) in [6.07, 6.45) is 5.12. The predicted octanol–water partition coefficient (Wildman–Crippen LogP) is 5.10. The van der Waals surface area contributed by atoms with Gasteiger partial charge in [0.15, 0.2) is 0 Å². The fraction of sp³-hybridized carbons (Fsp3) is 0.130. The van der Waals surface area contributed by atoms with Crippen LogP contribution in [-0.4, -0.2) is 17.4 Å². The molecule has 2 aromatic heterocycles. The number of hydrogen-bond donors (Lipinski definition) is 0. The van der Waals surface area contributed by atoms with Crippen LogP contribution in [0.2, 0.25) is 0 Å². The van der Waals surface area contributed by atoms with Crippen LogP contribution in [0.25, 0.3) is 21.2 Å². The largest absolute Gasteiger partial charge is 0.312 e. The SMILES string of the molecule is O=C(Cc1ccccc1)N1CCc2cc(-c3csc4ccncc34)ccc21. The second kappa shape index (κ2) is 6.63. The van der Waals surface area contributed by atoms with Crippen LogP contribution in [0.4, 0.5) is 5.69 Å². The van der Waals surface area contributed by atoms with E-state index in [9.17, 15) is 4.79 Å². The van der Waals surface area contributed by atoms with Gasteiger partial charge in [-0.15, -0.1) is 11.3 Å². The van der Waals surface area contributed by atoms with E-state index in [4.69, 9.17) is 0 Å². The van der Waals surface area contributed by atoms with E-state index < -0.39 is 0 Å². The first kappa shape index (κ1) is 16.2. The smallest absolute Gasteiger partial charge is 0.231 e. The third-order valence-corrected chi connectivity index (χ3v) is 6.12. The van der Waals surface area contributed by atoms with E-state index in [1.165, 1.54) is 26.8 Å². The zero-order valence-electron chi connectivity index (χ0n) is 14.8. The molecule has 3 nitrogen and oxygen atoms in total. The minimum absolute atomic E-state index is 0.165. The van der Waals surface area contributed by atoms with Crippen molar-refractivity contribution in [2.45, 2.75) is 12.8 Å². The van der Waals surface area contributed by atoms with Gasteiger partial charge >= 0.3 is 0 Å². The molecule has 27 heavy (non-hydrogen) atoms. The number of amides is 1. The van der Waals surface area contributed by atoms with Gasteiger partial charge in [0.05, 0.1) is 6.42 Å². The molecule has 4 heteroatoms. The second-order valence-electron chi connectivity index (χ2n) is 6.82. The van der Waals surface area contributed by atoms with Crippen molar-refractivity contribution in [2.24, 2.45) is 0 Å². The fourth-order valence-corrected chi connectivity index (χ4v) is 4.73. The molecule has 1 aliphatic rings. The molecule has 0 saturated carbocycles. The molecule has 0 fully saturated rings. The number of anilines is 1. The van der Waals surface area contributed by atoms with E-state index in [0.717, 1.165) is 24.2 Å². The number of hydrogen-bond acceptors (Lipinski definition) is 3. The van der Waals surface area contributed by atoms with E-state index in [1.54, 1.807) is 11.3 Å². The van der Waals surface area contributed by atoms with Gasteiger partial charge in [-0.1, -0.05) is 36.4 Å². The van der Waals surface area contributed by atoms with Gasteiger partial charge in [0.1, 0.15) is 0 Å². The van der Waals surface area contributed by atoms with E-state index in [0.29, 0.717) is 6.42 Å². The predicted molar refractivity (Wildman–Crippen MR) is 111 cm³/mol. The number of rotatable bonds is 3. The third-order valence-electron chi connectivity index (χ3n) is 5.16. The van der Waals surface area contributed by atoms with Crippen molar-refractivity contribution in [1.29, 1.82) is 0 Å². The standard InChI is InChI=1S/C23H18N2OS/c26-23(12-16-4-2-1-3-5-16)25-11-9-18-13-17(6-7-21(18)25)20-15-27-22-8-10-24-14-19(20)22/h1-8,10,13-15H,9,11-12H2. The summed E-state index contributed by atoms with van der Waals surface area (Å²) < 4.78 is 1.25. The number of fused-ring (bicyclic) bond motifs is 2. The number of carbonyl (C=O) groups is 1. The molecular formula is C23H18N2OS. The minimum Gasteiger partial charge on any atom is -0.312 e. The molecular weight excluding hydrogens is 352 g/mol. The molecule has 0 aliphatic carbocycles. The Labute approximate surface area is 161 Å². The average molecular weight is 370 g/mol. The van der Waals surface area contributed by atoms with Gasteiger partial charge in [0.2, 0.25) is 5.91 Å². The van der Waals surface area contributed by atoms with Gasteiger partial charge in [0, 0.05) is 40.3 Å². The maximum absolute atomic E-state index is 12.8. The van der Waals surface area contributed by atoms with Crippen LogP contribution in [0.1, 0.15) is 11.1 Å². The summed E-state index contributed by atoms with van der Waals surface area (Å²) in [6.45, 7) is 0.760. The molecule has 4 aromatic rings. The topological polar surface area (TPSA) is 33.2 Å². The lowest BCUT2D eigenvalue weighted by Gasteiger charge is -2.17. The molecule has 0 bridgehead atoms. The monoisotopic (exact) mass is 370 g/mol. The summed E-state index contributed by atoms with van der Waals surface area (Å²) in [5, 5.41) is 3.39. The van der Waals surface area contributed by atoms with Crippen molar-refractivity contribution in [3.05, 3.63) is 83.5 Å². The lowest BCUT2D eigenvalue weighted by atomic mass is 10.0. The highest BCUT2D eigenvalue weighted by Crippen LogP contribution is 2.37. The molecule has 3 heterocycles. The number of thiophene rings is 1. The summed E-state index contributed by atoms with van der Waals surface area (Å²) in [5.41, 5.74) is 5.78. The van der Waals surface area contributed by atoms with Gasteiger partial charge in [-0.3, -0.25) is 9.78 Å². The molecule has 5 rings (SSSR count). The van der Waals surface area contributed by atoms with Gasteiger partial charge < -0.3 is 4.90 Å². The fourth-order valence-electron chi connectivity index (χ4n) is 3.79. The van der Waals surface area contributed by atoms with E-state index in [2.05, 4.69) is 34.6 Å². The van der Waals surface area contributed by atoms with Crippen LogP contribution >= 0.6 is 11.3 Å². The number of pyridine rings is 1. The molecule has 0 saturated heterocycles. The number of aromatic nitrogens is 1. The average Bonchev–Trinajstić information content (AvgIpc) is 3.32. The molecule has 0 unspecified atom stereocenters. The molecule has 0 spiro atoms. The van der Waals surface area contributed by atoms with Crippen LogP contribution in [0, 0.1) is 0 Å². The van der Waals surface area contributed by atoms with Crippen LogP contribution in [-0.2, 0) is 17.6 Å². The Morgan fingerprint density at radius 1 is 1.11 bits per heavy atom. The number of benzene rings is 2. The Kier molecular flexibility index (Phi) is 3.98. The van der Waals surface area contributed by atoms with Crippen molar-refractivity contribution in [3.63, 3.8) is 0 Å². The summed E-state index contributed by atoms with van der Waals surface area (Å²) in [7, 11) is 0. The molecule has 0 radical (unpaired) electrons. The van der Waals surface area contributed by atoms with Crippen molar-refractivity contribution in [3.8, 4) is 11.1 Å². The van der Waals surface area contributed by atoms with Crippen LogP contribution < -0.4 is 4.90 Å². The Bertz CT molecular complexity index is 1130. The zero-order valence-corrected chi connectivity index (χ0v) is 15.6. The third kappa shape index (κ3) is 2.92. The molecule has 0 atom stereocenters. The lowest BCUT2D eigenvalue weighted by molar-refractivity contribution is -0.117. The Hall–Kier alpha value is -2.98. The zero-order chi connectivity index (χ0) is 18.2. The van der Waals surface area contributed by atoms with Gasteiger partial charge in [-0.25, -0.2) is 0 Å². The first-order valence-corrected chi connectivity index (χ1v) is 9.96. The van der Waals surface area contributed by atoms with Gasteiger partial charge in [-0.05, 0) is 46.7 Å². The molecule has 0 N–H and O–H groups in total. The Balaban J connectivity index is 1.44. The van der Waals surface area contributed by atoms with Crippen molar-refractivity contribution in [1.82, 2.24) is 4.98 Å². The molecule has 1 amide bonds. The second-order valence-corrected chi connectivity index (χ2v) is 7.73. The van der Waals surface area contributed by atoms with Crippen molar-refractivity contribution >= 4 is 33.0 Å². The molecule has 2 aromatic carbocycles. The first-order valence-electron chi connectivity index (χ1n) is 9.08. The highest BCUT2D eigenvalue weighted by Gasteiger charge is 2.25. The van der Waals surface area contributed by atoms with Gasteiger partial charge in [0.25, 0.3) is 0 Å². The Morgan fingerprint density at radius 2 is 2.00 bits per heavy atom. The minimum atomic E-state index is 0.165. The summed E-state index contributed by atoms with van der Waals surface area (Å²) >= 11 is 1.74. The van der Waals surface area contributed by atoms with E-state index in [1.807, 2.05) is 47.6 Å². The van der Waals surface area contributed by atoms with Crippen LogP contribution in [0.15, 0.2) is 72.4 Å². The maximum Gasteiger partial charge on any atom is 0.231 e. The van der Waals surface area contributed by atoms with E-state index >= 15 is 0 Å². The summed E-state index contributed by atoms with van der Waals surface area (Å²) in [4.78, 5) is 19.0. The lowest BCUT2D eigenvalue weighted by Crippen LogP contribution is -2.30. The van der Waals surface area contributed by atoms with Crippen LogP contribution in [0.3, 0.4) is 0 Å². The quantitative estimate of drug-likeness (QED) is 0.503. The first-order chi connectivity index (χ1) is 13.3. The normalized spacial score (nSPS) is 13.1. The van der Waals surface area contributed by atoms with Gasteiger partial charge in [-0.2, -0.15) is 0 Å². The summed E-state index contributed by atoms with van der Waals surface area (Å²) in [6, 6.07) is 18.5.